The number of carbonyl (C=O) groups is 2. The van der Waals surface area contributed by atoms with Crippen molar-refractivity contribution >= 4 is 11.8 Å². The lowest BCUT2D eigenvalue weighted by molar-refractivity contribution is -0.134. The van der Waals surface area contributed by atoms with Gasteiger partial charge in [-0.2, -0.15) is 0 Å². The number of rotatable bonds is 3. The molecular formula is C18H22N6O2. The van der Waals surface area contributed by atoms with Gasteiger partial charge in [0, 0.05) is 38.7 Å². The molecule has 1 aromatic heterocycles. The second kappa shape index (κ2) is 6.51. The molecule has 2 heterocycles. The molecular weight excluding hydrogens is 332 g/mol. The Balaban J connectivity index is 1.44. The Bertz CT molecular complexity index is 804. The number of hydrogen-bond acceptors (Lipinski definition) is 5. The van der Waals surface area contributed by atoms with Gasteiger partial charge in [-0.3, -0.25) is 9.59 Å². The van der Waals surface area contributed by atoms with E-state index in [1.54, 1.807) is 16.8 Å². The summed E-state index contributed by atoms with van der Waals surface area (Å²) in [5.41, 5.74) is 1.45. The van der Waals surface area contributed by atoms with E-state index < -0.39 is 0 Å². The molecule has 1 saturated heterocycles. The summed E-state index contributed by atoms with van der Waals surface area (Å²) >= 11 is 0. The number of benzene rings is 1. The first kappa shape index (κ1) is 16.7. The predicted octanol–water partition coefficient (Wildman–Crippen LogP) is 0.991. The summed E-state index contributed by atoms with van der Waals surface area (Å²) in [6.07, 6.45) is 4.00. The van der Waals surface area contributed by atoms with Gasteiger partial charge in [0.2, 0.25) is 5.91 Å². The third-order valence-electron chi connectivity index (χ3n) is 5.78. The van der Waals surface area contributed by atoms with E-state index in [2.05, 4.69) is 15.5 Å². The van der Waals surface area contributed by atoms with Gasteiger partial charge >= 0.3 is 0 Å². The first-order valence-electron chi connectivity index (χ1n) is 8.87. The minimum atomic E-state index is 0.0107. The molecule has 26 heavy (non-hydrogen) atoms. The highest BCUT2D eigenvalue weighted by molar-refractivity contribution is 5.94. The van der Waals surface area contributed by atoms with Crippen LogP contribution in [0, 0.1) is 11.8 Å². The Morgan fingerprint density at radius 2 is 1.92 bits per heavy atom. The SMILES string of the molecule is CN1C[C@H]2C[C@@H](N(C)C(=O)c3ccc(-n4cnnn4)cc3)C[C@H]2CC1=O. The quantitative estimate of drug-likeness (QED) is 0.821. The maximum Gasteiger partial charge on any atom is 0.253 e. The van der Waals surface area contributed by atoms with Crippen LogP contribution in [0.2, 0.25) is 0 Å². The van der Waals surface area contributed by atoms with Crippen LogP contribution in [-0.4, -0.2) is 68.5 Å². The molecule has 1 aliphatic carbocycles. The molecule has 1 saturated carbocycles. The number of hydrogen-bond donors (Lipinski definition) is 0. The van der Waals surface area contributed by atoms with Gasteiger partial charge in [0.05, 0.1) is 5.69 Å². The van der Waals surface area contributed by atoms with Crippen LogP contribution in [0.15, 0.2) is 30.6 Å². The number of nitrogens with zero attached hydrogens (tertiary/aromatic N) is 6. The van der Waals surface area contributed by atoms with Crippen LogP contribution in [0.5, 0.6) is 0 Å². The van der Waals surface area contributed by atoms with Gasteiger partial charge in [-0.1, -0.05) is 0 Å². The highest BCUT2D eigenvalue weighted by Crippen LogP contribution is 2.40. The smallest absolute Gasteiger partial charge is 0.253 e. The third-order valence-corrected chi connectivity index (χ3v) is 5.78. The van der Waals surface area contributed by atoms with Crippen molar-refractivity contribution in [3.63, 3.8) is 0 Å². The summed E-state index contributed by atoms with van der Waals surface area (Å²) in [6.45, 7) is 0.808. The summed E-state index contributed by atoms with van der Waals surface area (Å²) in [5, 5.41) is 11.1. The molecule has 2 aromatic rings. The molecule has 0 N–H and O–H groups in total. The Kier molecular flexibility index (Phi) is 4.18. The summed E-state index contributed by atoms with van der Waals surface area (Å²) in [4.78, 5) is 28.5. The molecule has 8 heteroatoms. The Morgan fingerprint density at radius 3 is 2.62 bits per heavy atom. The van der Waals surface area contributed by atoms with E-state index >= 15 is 0 Å². The van der Waals surface area contributed by atoms with E-state index in [-0.39, 0.29) is 17.9 Å². The summed E-state index contributed by atoms with van der Waals surface area (Å²) < 4.78 is 1.55. The average Bonchev–Trinajstić information content (AvgIpc) is 3.31. The summed E-state index contributed by atoms with van der Waals surface area (Å²) in [6, 6.07) is 7.46. The van der Waals surface area contributed by atoms with Crippen molar-refractivity contribution in [3.8, 4) is 5.69 Å². The van der Waals surface area contributed by atoms with E-state index in [0.717, 1.165) is 25.1 Å². The van der Waals surface area contributed by atoms with Gasteiger partial charge in [-0.05, 0) is 59.4 Å². The van der Waals surface area contributed by atoms with Crippen LogP contribution in [0.25, 0.3) is 5.69 Å². The zero-order valence-electron chi connectivity index (χ0n) is 14.9. The highest BCUT2D eigenvalue weighted by atomic mass is 16.2. The maximum absolute atomic E-state index is 12.9. The number of tetrazole rings is 1. The second-order valence-corrected chi connectivity index (χ2v) is 7.34. The Hall–Kier alpha value is -2.77. The predicted molar refractivity (Wildman–Crippen MR) is 93.5 cm³/mol. The van der Waals surface area contributed by atoms with Gasteiger partial charge in [-0.25, -0.2) is 4.68 Å². The van der Waals surface area contributed by atoms with Crippen LogP contribution >= 0.6 is 0 Å². The molecule has 2 fully saturated rings. The van der Waals surface area contributed by atoms with Crippen molar-refractivity contribution in [2.24, 2.45) is 11.8 Å². The van der Waals surface area contributed by atoms with Crippen molar-refractivity contribution < 1.29 is 9.59 Å². The molecule has 8 nitrogen and oxygen atoms in total. The topological polar surface area (TPSA) is 84.2 Å². The van der Waals surface area contributed by atoms with Crippen LogP contribution in [0.1, 0.15) is 29.6 Å². The van der Waals surface area contributed by atoms with Crippen LogP contribution in [0.3, 0.4) is 0 Å². The van der Waals surface area contributed by atoms with Crippen molar-refractivity contribution in [2.75, 3.05) is 20.6 Å². The highest BCUT2D eigenvalue weighted by Gasteiger charge is 2.42. The standard InChI is InChI=1S/C18H22N6O2/c1-22-10-14-8-16(7-13(14)9-17(22)25)23(2)18(26)12-3-5-15(6-4-12)24-11-19-20-21-24/h3-6,11,13-14,16H,7-10H2,1-2H3/t13-,14+,16-/m0/s1. The van der Waals surface area contributed by atoms with E-state index in [1.807, 2.05) is 36.0 Å². The van der Waals surface area contributed by atoms with Gasteiger partial charge in [-0.15, -0.1) is 5.10 Å². The number of amides is 2. The van der Waals surface area contributed by atoms with E-state index in [9.17, 15) is 9.59 Å². The van der Waals surface area contributed by atoms with E-state index in [1.165, 1.54) is 6.33 Å². The molecule has 3 atom stereocenters. The van der Waals surface area contributed by atoms with Crippen LogP contribution in [0.4, 0.5) is 0 Å². The average molecular weight is 354 g/mol. The van der Waals surface area contributed by atoms with Crippen molar-refractivity contribution in [2.45, 2.75) is 25.3 Å². The minimum Gasteiger partial charge on any atom is -0.345 e. The molecule has 4 rings (SSSR count). The second-order valence-electron chi connectivity index (χ2n) is 7.34. The molecule has 0 unspecified atom stereocenters. The summed E-state index contributed by atoms with van der Waals surface area (Å²) in [5.74, 6) is 1.14. The van der Waals surface area contributed by atoms with E-state index in [4.69, 9.17) is 0 Å². The lowest BCUT2D eigenvalue weighted by Crippen LogP contribution is -2.39. The molecule has 1 aromatic carbocycles. The maximum atomic E-state index is 12.9. The summed E-state index contributed by atoms with van der Waals surface area (Å²) in [7, 11) is 3.73. The molecule has 0 bridgehead atoms. The van der Waals surface area contributed by atoms with Gasteiger partial charge in [0.1, 0.15) is 6.33 Å². The first-order valence-corrected chi connectivity index (χ1v) is 8.87. The minimum absolute atomic E-state index is 0.0107. The Labute approximate surface area is 151 Å². The van der Waals surface area contributed by atoms with Crippen molar-refractivity contribution in [1.82, 2.24) is 30.0 Å². The number of aromatic nitrogens is 4. The number of piperidine rings is 1. The van der Waals surface area contributed by atoms with Crippen molar-refractivity contribution in [3.05, 3.63) is 36.2 Å². The molecule has 2 amide bonds. The number of carbonyl (C=O) groups excluding carboxylic acids is 2. The molecule has 2 aliphatic rings. The molecule has 0 spiro atoms. The van der Waals surface area contributed by atoms with Crippen molar-refractivity contribution in [1.29, 1.82) is 0 Å². The number of likely N-dealkylation sites (tertiary alicyclic amines) is 1. The normalized spacial score (nSPS) is 25.2. The van der Waals surface area contributed by atoms with Crippen LogP contribution in [-0.2, 0) is 4.79 Å². The lowest BCUT2D eigenvalue weighted by Gasteiger charge is -2.31. The zero-order chi connectivity index (χ0) is 18.3. The van der Waals surface area contributed by atoms with Crippen LogP contribution < -0.4 is 0 Å². The fourth-order valence-electron chi connectivity index (χ4n) is 4.21. The molecule has 1 aliphatic heterocycles. The lowest BCUT2D eigenvalue weighted by atomic mass is 9.88. The van der Waals surface area contributed by atoms with E-state index in [0.29, 0.717) is 23.8 Å². The zero-order valence-corrected chi connectivity index (χ0v) is 14.9. The van der Waals surface area contributed by atoms with Gasteiger partial charge < -0.3 is 9.80 Å². The van der Waals surface area contributed by atoms with Gasteiger partial charge in [0.15, 0.2) is 0 Å². The largest absolute Gasteiger partial charge is 0.345 e. The molecule has 136 valence electrons. The monoisotopic (exact) mass is 354 g/mol. The third kappa shape index (κ3) is 2.95. The molecule has 0 radical (unpaired) electrons. The Morgan fingerprint density at radius 1 is 1.19 bits per heavy atom. The van der Waals surface area contributed by atoms with Gasteiger partial charge in [0.25, 0.3) is 5.91 Å². The fourth-order valence-corrected chi connectivity index (χ4v) is 4.21. The number of fused-ring (bicyclic) bond motifs is 1. The fraction of sp³-hybridized carbons (Fsp3) is 0.500. The first-order chi connectivity index (χ1) is 12.5.